The Kier molecular flexibility index (Phi) is 6.05. The summed E-state index contributed by atoms with van der Waals surface area (Å²) >= 11 is 0. The van der Waals surface area contributed by atoms with E-state index >= 15 is 0 Å². The van der Waals surface area contributed by atoms with E-state index in [1.807, 2.05) is 13.1 Å². The van der Waals surface area contributed by atoms with Crippen LogP contribution in [0.4, 0.5) is 5.82 Å². The van der Waals surface area contributed by atoms with E-state index in [0.29, 0.717) is 12.4 Å². The highest BCUT2D eigenvalue weighted by Crippen LogP contribution is 2.45. The standard InChI is InChI=1S/C26H33N3O3/c1-3-32-24-14-19-20-13-18(30)8-9-22(20)28-26(21(19)15-23(24)31-2)17-7-10-25(27-16-17)29-11-5-4-6-12-29/h7,10,14-16,18,20,22,30H,3-6,8-9,11-13H2,1-2H3/t18-,20-,22-/m1/s1. The smallest absolute Gasteiger partial charge is 0.161 e. The van der Waals surface area contributed by atoms with Crippen molar-refractivity contribution in [2.75, 3.05) is 31.7 Å². The van der Waals surface area contributed by atoms with Gasteiger partial charge in [0, 0.05) is 36.3 Å². The molecule has 5 rings (SSSR count). The number of piperidine rings is 1. The first kappa shape index (κ1) is 21.3. The molecule has 3 atom stereocenters. The van der Waals surface area contributed by atoms with Crippen molar-refractivity contribution in [3.05, 3.63) is 47.2 Å². The van der Waals surface area contributed by atoms with E-state index in [0.717, 1.165) is 60.8 Å². The third-order valence-electron chi connectivity index (χ3n) is 7.07. The van der Waals surface area contributed by atoms with Crippen LogP contribution in [0.3, 0.4) is 0 Å². The first-order valence-corrected chi connectivity index (χ1v) is 12.0. The molecule has 170 valence electrons. The minimum absolute atomic E-state index is 0.172. The molecule has 0 amide bonds. The average molecular weight is 436 g/mol. The third-order valence-corrected chi connectivity index (χ3v) is 7.07. The zero-order valence-corrected chi connectivity index (χ0v) is 19.1. The Morgan fingerprint density at radius 2 is 1.94 bits per heavy atom. The first-order valence-electron chi connectivity index (χ1n) is 12.0. The number of aliphatic imine (C=N–C) groups is 1. The molecule has 0 bridgehead atoms. The van der Waals surface area contributed by atoms with Gasteiger partial charge in [0.05, 0.1) is 31.6 Å². The lowest BCUT2D eigenvalue weighted by atomic mass is 9.74. The van der Waals surface area contributed by atoms with Crippen LogP contribution in [0.15, 0.2) is 35.5 Å². The number of aliphatic hydroxyl groups excluding tert-OH is 1. The summed E-state index contributed by atoms with van der Waals surface area (Å²) in [6.45, 7) is 4.72. The van der Waals surface area contributed by atoms with Gasteiger partial charge < -0.3 is 19.5 Å². The van der Waals surface area contributed by atoms with Crippen molar-refractivity contribution in [3.8, 4) is 11.5 Å². The van der Waals surface area contributed by atoms with Crippen LogP contribution in [-0.4, -0.2) is 54.8 Å². The number of pyridine rings is 1. The molecule has 1 saturated heterocycles. The molecule has 0 spiro atoms. The van der Waals surface area contributed by atoms with Crippen molar-refractivity contribution in [1.82, 2.24) is 4.98 Å². The number of hydrogen-bond acceptors (Lipinski definition) is 6. The van der Waals surface area contributed by atoms with Gasteiger partial charge in [-0.25, -0.2) is 4.98 Å². The molecular formula is C26H33N3O3. The van der Waals surface area contributed by atoms with E-state index in [9.17, 15) is 5.11 Å². The molecule has 2 fully saturated rings. The fourth-order valence-electron chi connectivity index (χ4n) is 5.44. The molecular weight excluding hydrogens is 402 g/mol. The number of fused-ring (bicyclic) bond motifs is 3. The van der Waals surface area contributed by atoms with Crippen molar-refractivity contribution in [2.24, 2.45) is 4.99 Å². The molecule has 3 aliphatic rings. The molecule has 2 aromatic rings. The van der Waals surface area contributed by atoms with Gasteiger partial charge in [-0.1, -0.05) is 0 Å². The second kappa shape index (κ2) is 9.10. The average Bonchev–Trinajstić information content (AvgIpc) is 2.84. The Balaban J connectivity index is 1.55. The maximum absolute atomic E-state index is 10.4. The molecule has 0 radical (unpaired) electrons. The summed E-state index contributed by atoms with van der Waals surface area (Å²) in [5.41, 5.74) is 4.26. The van der Waals surface area contributed by atoms with Crippen molar-refractivity contribution >= 4 is 11.5 Å². The second-order valence-electron chi connectivity index (χ2n) is 9.09. The number of benzene rings is 1. The quantitative estimate of drug-likeness (QED) is 0.757. The van der Waals surface area contributed by atoms with Gasteiger partial charge in [0.2, 0.25) is 0 Å². The van der Waals surface area contributed by atoms with E-state index < -0.39 is 0 Å². The fraction of sp³-hybridized carbons (Fsp3) is 0.538. The molecule has 32 heavy (non-hydrogen) atoms. The molecule has 1 N–H and O–H groups in total. The lowest BCUT2D eigenvalue weighted by Gasteiger charge is -2.37. The predicted octanol–water partition coefficient (Wildman–Crippen LogP) is 4.33. The van der Waals surface area contributed by atoms with E-state index in [1.54, 1.807) is 7.11 Å². The largest absolute Gasteiger partial charge is 0.493 e. The highest BCUT2D eigenvalue weighted by Gasteiger charge is 2.37. The number of nitrogens with zero attached hydrogens (tertiary/aromatic N) is 3. The molecule has 3 heterocycles. The number of hydrogen-bond donors (Lipinski definition) is 1. The van der Waals surface area contributed by atoms with Gasteiger partial charge in [0.15, 0.2) is 11.5 Å². The maximum Gasteiger partial charge on any atom is 0.161 e. The van der Waals surface area contributed by atoms with Crippen LogP contribution in [0, 0.1) is 0 Å². The molecule has 1 aromatic carbocycles. The number of aromatic nitrogens is 1. The monoisotopic (exact) mass is 435 g/mol. The van der Waals surface area contributed by atoms with Crippen molar-refractivity contribution in [1.29, 1.82) is 0 Å². The van der Waals surface area contributed by atoms with Crippen molar-refractivity contribution in [2.45, 2.75) is 63.5 Å². The Labute approximate surface area is 190 Å². The summed E-state index contributed by atoms with van der Waals surface area (Å²) in [6, 6.07) is 8.61. The van der Waals surface area contributed by atoms with E-state index in [1.165, 1.54) is 24.8 Å². The Morgan fingerprint density at radius 1 is 1.09 bits per heavy atom. The summed E-state index contributed by atoms with van der Waals surface area (Å²) in [7, 11) is 1.67. The lowest BCUT2D eigenvalue weighted by molar-refractivity contribution is 0.111. The predicted molar refractivity (Wildman–Crippen MR) is 126 cm³/mol. The second-order valence-corrected chi connectivity index (χ2v) is 9.09. The third kappa shape index (κ3) is 3.96. The van der Waals surface area contributed by atoms with Crippen molar-refractivity contribution in [3.63, 3.8) is 0 Å². The van der Waals surface area contributed by atoms with Gasteiger partial charge in [0.1, 0.15) is 5.82 Å². The maximum atomic E-state index is 10.4. The Hall–Kier alpha value is -2.60. The fourth-order valence-corrected chi connectivity index (χ4v) is 5.44. The SMILES string of the molecule is CCOc1cc2c(cc1OC)C(c1ccc(N3CCCCC3)nc1)=N[C@@H]1CC[C@@H](O)C[C@H]21. The zero-order valence-electron chi connectivity index (χ0n) is 19.1. The van der Waals surface area contributed by atoms with Crippen LogP contribution >= 0.6 is 0 Å². The van der Waals surface area contributed by atoms with Crippen molar-refractivity contribution < 1.29 is 14.6 Å². The van der Waals surface area contributed by atoms with Crippen LogP contribution in [0.25, 0.3) is 0 Å². The van der Waals surface area contributed by atoms with Crippen LogP contribution in [-0.2, 0) is 0 Å². The van der Waals surface area contributed by atoms with E-state index in [-0.39, 0.29) is 18.1 Å². The molecule has 1 aromatic heterocycles. The highest BCUT2D eigenvalue weighted by atomic mass is 16.5. The molecule has 6 heteroatoms. The normalized spacial score (nSPS) is 24.9. The first-order chi connectivity index (χ1) is 15.7. The van der Waals surface area contributed by atoms with Gasteiger partial charge in [0.25, 0.3) is 0 Å². The Bertz CT molecular complexity index is 983. The summed E-state index contributed by atoms with van der Waals surface area (Å²) in [5.74, 6) is 2.72. The summed E-state index contributed by atoms with van der Waals surface area (Å²) in [5, 5.41) is 10.4. The summed E-state index contributed by atoms with van der Waals surface area (Å²) in [6.07, 6.45) is 7.90. The van der Waals surface area contributed by atoms with Crippen LogP contribution in [0.1, 0.15) is 68.1 Å². The highest BCUT2D eigenvalue weighted by molar-refractivity contribution is 6.15. The number of methoxy groups -OCH3 is 1. The number of ether oxygens (including phenoxy) is 2. The Morgan fingerprint density at radius 3 is 2.66 bits per heavy atom. The number of rotatable bonds is 5. The van der Waals surface area contributed by atoms with Crippen LogP contribution in [0.2, 0.25) is 0 Å². The minimum atomic E-state index is -0.274. The molecule has 2 aliphatic heterocycles. The molecule has 1 aliphatic carbocycles. The van der Waals surface area contributed by atoms with Crippen LogP contribution in [0.5, 0.6) is 11.5 Å². The van der Waals surface area contributed by atoms with E-state index in [4.69, 9.17) is 19.5 Å². The molecule has 1 saturated carbocycles. The van der Waals surface area contributed by atoms with Gasteiger partial charge >= 0.3 is 0 Å². The van der Waals surface area contributed by atoms with Gasteiger partial charge in [-0.3, -0.25) is 4.99 Å². The van der Waals surface area contributed by atoms with Crippen LogP contribution < -0.4 is 14.4 Å². The van der Waals surface area contributed by atoms with E-state index in [2.05, 4.69) is 29.2 Å². The number of anilines is 1. The molecule has 6 nitrogen and oxygen atoms in total. The topological polar surface area (TPSA) is 67.2 Å². The number of aliphatic hydroxyl groups is 1. The summed E-state index contributed by atoms with van der Waals surface area (Å²) < 4.78 is 11.5. The van der Waals surface area contributed by atoms with Gasteiger partial charge in [-0.15, -0.1) is 0 Å². The lowest BCUT2D eigenvalue weighted by Crippen LogP contribution is -2.34. The van der Waals surface area contributed by atoms with Gasteiger partial charge in [-0.05, 0) is 75.3 Å². The molecule has 0 unspecified atom stereocenters. The minimum Gasteiger partial charge on any atom is -0.493 e. The zero-order chi connectivity index (χ0) is 22.1. The van der Waals surface area contributed by atoms with Gasteiger partial charge in [-0.2, -0.15) is 0 Å². The summed E-state index contributed by atoms with van der Waals surface area (Å²) in [4.78, 5) is 12.4.